The highest BCUT2D eigenvalue weighted by atomic mass is 32.1. The van der Waals surface area contributed by atoms with E-state index in [2.05, 4.69) is 10.3 Å². The van der Waals surface area contributed by atoms with Crippen molar-refractivity contribution in [1.82, 2.24) is 10.3 Å². The normalized spacial score (nSPS) is 12.0. The molecule has 0 aliphatic rings. The first-order valence-electron chi connectivity index (χ1n) is 8.17. The van der Waals surface area contributed by atoms with Gasteiger partial charge in [0.25, 0.3) is 5.91 Å². The van der Waals surface area contributed by atoms with Crippen molar-refractivity contribution < 1.29 is 14.6 Å². The van der Waals surface area contributed by atoms with Crippen molar-refractivity contribution in [3.05, 3.63) is 34.8 Å². The molecule has 6 heteroatoms. The molecule has 1 atom stereocenters. The number of aromatic nitrogens is 1. The lowest BCUT2D eigenvalue weighted by Crippen LogP contribution is -2.32. The molecule has 0 aliphatic heterocycles. The van der Waals surface area contributed by atoms with Gasteiger partial charge in [0.15, 0.2) is 0 Å². The Kier molecular flexibility index (Phi) is 6.75. The summed E-state index contributed by atoms with van der Waals surface area (Å²) in [4.78, 5) is 17.6. The summed E-state index contributed by atoms with van der Waals surface area (Å²) >= 11 is 1.39. The van der Waals surface area contributed by atoms with Crippen LogP contribution in [0.5, 0.6) is 5.75 Å². The van der Waals surface area contributed by atoms with Crippen molar-refractivity contribution in [2.24, 2.45) is 0 Å². The van der Waals surface area contributed by atoms with E-state index in [0.717, 1.165) is 28.4 Å². The van der Waals surface area contributed by atoms with Crippen molar-refractivity contribution in [1.29, 1.82) is 0 Å². The van der Waals surface area contributed by atoms with Crippen LogP contribution in [-0.2, 0) is 0 Å². The summed E-state index contributed by atoms with van der Waals surface area (Å²) in [5.74, 6) is 0.720. The smallest absolute Gasteiger partial charge is 0.263 e. The minimum Gasteiger partial charge on any atom is -0.494 e. The number of hydrogen-bond donors (Lipinski definition) is 2. The SMILES string of the molecule is CCOc1ccc(-c2nc(C)c(C(=O)NC(C)CCCO)s2)cc1. The molecule has 1 aromatic carbocycles. The van der Waals surface area contributed by atoms with Gasteiger partial charge in [-0.2, -0.15) is 0 Å². The zero-order chi connectivity index (χ0) is 17.5. The number of rotatable bonds is 8. The van der Waals surface area contributed by atoms with Crippen LogP contribution in [-0.4, -0.2) is 35.3 Å². The Morgan fingerprint density at radius 1 is 1.38 bits per heavy atom. The summed E-state index contributed by atoms with van der Waals surface area (Å²) in [5, 5.41) is 12.6. The Labute approximate surface area is 146 Å². The molecule has 0 radical (unpaired) electrons. The first kappa shape index (κ1) is 18.4. The zero-order valence-electron chi connectivity index (χ0n) is 14.3. The average Bonchev–Trinajstić information content (AvgIpc) is 2.96. The second kappa shape index (κ2) is 8.80. The number of aliphatic hydroxyl groups excluding tert-OH is 1. The topological polar surface area (TPSA) is 71.5 Å². The molecule has 1 heterocycles. The summed E-state index contributed by atoms with van der Waals surface area (Å²) in [6.45, 7) is 6.51. The van der Waals surface area contributed by atoms with Gasteiger partial charge in [-0.05, 0) is 57.9 Å². The Morgan fingerprint density at radius 2 is 2.08 bits per heavy atom. The van der Waals surface area contributed by atoms with Crippen LogP contribution in [0.25, 0.3) is 10.6 Å². The Bertz CT molecular complexity index is 667. The van der Waals surface area contributed by atoms with E-state index in [1.54, 1.807) is 0 Å². The molecule has 0 saturated heterocycles. The predicted octanol–water partition coefficient (Wildman–Crippen LogP) is 3.41. The van der Waals surface area contributed by atoms with Crippen molar-refractivity contribution in [2.75, 3.05) is 13.2 Å². The van der Waals surface area contributed by atoms with Crippen LogP contribution < -0.4 is 10.1 Å². The van der Waals surface area contributed by atoms with Gasteiger partial charge in [-0.3, -0.25) is 4.79 Å². The minimum absolute atomic E-state index is 0.0278. The number of aliphatic hydroxyl groups is 1. The van der Waals surface area contributed by atoms with E-state index in [0.29, 0.717) is 17.9 Å². The van der Waals surface area contributed by atoms with Crippen LogP contribution >= 0.6 is 11.3 Å². The molecular weight excluding hydrogens is 324 g/mol. The number of amides is 1. The van der Waals surface area contributed by atoms with Crippen molar-refractivity contribution in [3.63, 3.8) is 0 Å². The maximum Gasteiger partial charge on any atom is 0.263 e. The van der Waals surface area contributed by atoms with Gasteiger partial charge < -0.3 is 15.2 Å². The van der Waals surface area contributed by atoms with E-state index in [9.17, 15) is 4.79 Å². The Morgan fingerprint density at radius 3 is 2.71 bits per heavy atom. The van der Waals surface area contributed by atoms with E-state index in [1.165, 1.54) is 11.3 Å². The number of carbonyl (C=O) groups excluding carboxylic acids is 1. The van der Waals surface area contributed by atoms with Gasteiger partial charge in [-0.25, -0.2) is 4.98 Å². The summed E-state index contributed by atoms with van der Waals surface area (Å²) in [5.41, 5.74) is 1.70. The number of hydrogen-bond acceptors (Lipinski definition) is 5. The third kappa shape index (κ3) is 4.79. The molecule has 0 aliphatic carbocycles. The molecule has 0 saturated carbocycles. The molecular formula is C18H24N2O3S. The van der Waals surface area contributed by atoms with Gasteiger partial charge in [0.1, 0.15) is 15.6 Å². The Hall–Kier alpha value is -1.92. The van der Waals surface area contributed by atoms with Gasteiger partial charge in [-0.1, -0.05) is 0 Å². The zero-order valence-corrected chi connectivity index (χ0v) is 15.2. The molecule has 0 bridgehead atoms. The molecule has 2 aromatic rings. The molecule has 1 unspecified atom stereocenters. The average molecular weight is 348 g/mol. The molecule has 130 valence electrons. The van der Waals surface area contributed by atoms with Crippen LogP contribution in [0.15, 0.2) is 24.3 Å². The van der Waals surface area contributed by atoms with Gasteiger partial charge in [0.05, 0.1) is 12.3 Å². The summed E-state index contributed by atoms with van der Waals surface area (Å²) in [6.07, 6.45) is 1.44. The van der Waals surface area contributed by atoms with E-state index in [4.69, 9.17) is 9.84 Å². The second-order valence-electron chi connectivity index (χ2n) is 5.63. The maximum absolute atomic E-state index is 12.4. The highest BCUT2D eigenvalue weighted by Gasteiger charge is 2.17. The predicted molar refractivity (Wildman–Crippen MR) is 96.7 cm³/mol. The van der Waals surface area contributed by atoms with Crippen LogP contribution in [0, 0.1) is 6.92 Å². The molecule has 2 N–H and O–H groups in total. The highest BCUT2D eigenvalue weighted by molar-refractivity contribution is 7.17. The molecule has 24 heavy (non-hydrogen) atoms. The summed E-state index contributed by atoms with van der Waals surface area (Å²) in [7, 11) is 0. The van der Waals surface area contributed by atoms with Crippen molar-refractivity contribution in [3.8, 4) is 16.3 Å². The van der Waals surface area contributed by atoms with Crippen LogP contribution in [0.4, 0.5) is 0 Å². The highest BCUT2D eigenvalue weighted by Crippen LogP contribution is 2.29. The third-order valence-corrected chi connectivity index (χ3v) is 4.79. The van der Waals surface area contributed by atoms with E-state index >= 15 is 0 Å². The lowest BCUT2D eigenvalue weighted by atomic mass is 10.2. The molecule has 2 rings (SSSR count). The number of nitrogens with zero attached hydrogens (tertiary/aromatic N) is 1. The summed E-state index contributed by atoms with van der Waals surface area (Å²) < 4.78 is 5.44. The van der Waals surface area contributed by atoms with Gasteiger partial charge in [0, 0.05) is 18.2 Å². The van der Waals surface area contributed by atoms with Gasteiger partial charge in [-0.15, -0.1) is 11.3 Å². The lowest BCUT2D eigenvalue weighted by Gasteiger charge is -2.12. The molecule has 5 nitrogen and oxygen atoms in total. The number of ether oxygens (including phenoxy) is 1. The van der Waals surface area contributed by atoms with Crippen molar-refractivity contribution >= 4 is 17.2 Å². The van der Waals surface area contributed by atoms with Crippen LogP contribution in [0.1, 0.15) is 42.1 Å². The largest absolute Gasteiger partial charge is 0.494 e. The number of nitrogens with one attached hydrogen (secondary N) is 1. The number of thiazole rings is 1. The van der Waals surface area contributed by atoms with E-state index in [1.807, 2.05) is 45.0 Å². The van der Waals surface area contributed by atoms with Crippen molar-refractivity contribution in [2.45, 2.75) is 39.7 Å². The second-order valence-corrected chi connectivity index (χ2v) is 6.63. The van der Waals surface area contributed by atoms with Gasteiger partial charge >= 0.3 is 0 Å². The molecule has 1 amide bonds. The first-order chi connectivity index (χ1) is 11.5. The fraction of sp³-hybridized carbons (Fsp3) is 0.444. The molecule has 0 fully saturated rings. The standard InChI is InChI=1S/C18H24N2O3S/c1-4-23-15-9-7-14(8-10-15)18-20-13(3)16(24-18)17(22)19-12(2)6-5-11-21/h7-10,12,21H,4-6,11H2,1-3H3,(H,19,22). The first-order valence-corrected chi connectivity index (χ1v) is 8.99. The fourth-order valence-electron chi connectivity index (χ4n) is 2.35. The minimum atomic E-state index is -0.104. The summed E-state index contributed by atoms with van der Waals surface area (Å²) in [6, 6.07) is 7.75. The monoisotopic (exact) mass is 348 g/mol. The third-order valence-electron chi connectivity index (χ3n) is 3.59. The van der Waals surface area contributed by atoms with Gasteiger partial charge in [0.2, 0.25) is 0 Å². The molecule has 1 aromatic heterocycles. The van der Waals surface area contributed by atoms with E-state index < -0.39 is 0 Å². The number of aryl methyl sites for hydroxylation is 1. The fourth-order valence-corrected chi connectivity index (χ4v) is 3.32. The Balaban J connectivity index is 2.10. The number of carbonyl (C=O) groups is 1. The molecule has 0 spiro atoms. The lowest BCUT2D eigenvalue weighted by molar-refractivity contribution is 0.0939. The number of benzene rings is 1. The van der Waals surface area contributed by atoms with Crippen LogP contribution in [0.3, 0.4) is 0 Å². The van der Waals surface area contributed by atoms with E-state index in [-0.39, 0.29) is 18.6 Å². The maximum atomic E-state index is 12.4. The quantitative estimate of drug-likeness (QED) is 0.767. The van der Waals surface area contributed by atoms with Crippen LogP contribution in [0.2, 0.25) is 0 Å².